The molecule has 0 aromatic rings. The van der Waals surface area contributed by atoms with Gasteiger partial charge in [0.15, 0.2) is 0 Å². The van der Waals surface area contributed by atoms with Gasteiger partial charge in [0.25, 0.3) is 0 Å². The summed E-state index contributed by atoms with van der Waals surface area (Å²) < 4.78 is 11.9. The number of nitrogens with one attached hydrogen (secondary N) is 1. The first-order valence-electron chi connectivity index (χ1n) is 2.19. The molecule has 0 bridgehead atoms. The smallest absolute Gasteiger partial charge is 0.0969 e. The number of halogens is 1. The highest BCUT2D eigenvalue weighted by molar-refractivity contribution is 4.84. The maximum absolute atomic E-state index is 11.9. The van der Waals surface area contributed by atoms with Crippen molar-refractivity contribution in [2.24, 2.45) is 0 Å². The van der Waals surface area contributed by atoms with Gasteiger partial charge in [0.1, 0.15) is 0 Å². The molecular weight excluding hydrogens is 95.1 g/mol. The van der Waals surface area contributed by atoms with Crippen LogP contribution in [0.2, 0.25) is 0 Å². The molecule has 0 saturated carbocycles. The SMILES string of the molecule is FN1CC=CNC1. The van der Waals surface area contributed by atoms with Crippen molar-refractivity contribution in [3.8, 4) is 0 Å². The van der Waals surface area contributed by atoms with Gasteiger partial charge in [0.2, 0.25) is 0 Å². The van der Waals surface area contributed by atoms with Crippen LogP contribution in [0, 0.1) is 0 Å². The van der Waals surface area contributed by atoms with Gasteiger partial charge in [-0.05, 0) is 6.20 Å². The average molecular weight is 102 g/mol. The predicted molar refractivity (Wildman–Crippen MR) is 25.0 cm³/mol. The van der Waals surface area contributed by atoms with Crippen molar-refractivity contribution >= 4 is 0 Å². The normalized spacial score (nSPS) is 21.9. The molecule has 1 N–H and O–H groups in total. The van der Waals surface area contributed by atoms with Crippen molar-refractivity contribution in [1.29, 1.82) is 0 Å². The largest absolute Gasteiger partial charge is 0.376 e. The number of nitrogens with zero attached hydrogens (tertiary/aromatic N) is 1. The molecule has 0 atom stereocenters. The molecule has 2 nitrogen and oxygen atoms in total. The first-order valence-corrected chi connectivity index (χ1v) is 2.19. The van der Waals surface area contributed by atoms with Crippen LogP contribution in [0.1, 0.15) is 0 Å². The monoisotopic (exact) mass is 102 g/mol. The van der Waals surface area contributed by atoms with E-state index in [1.165, 1.54) is 0 Å². The standard InChI is InChI=1S/C4H7FN2/c5-7-3-1-2-6-4-7/h1-2,6H,3-4H2. The van der Waals surface area contributed by atoms with E-state index in [1.54, 1.807) is 12.3 Å². The summed E-state index contributed by atoms with van der Waals surface area (Å²) in [7, 11) is 0. The molecule has 0 radical (unpaired) electrons. The molecule has 7 heavy (non-hydrogen) atoms. The van der Waals surface area contributed by atoms with E-state index in [1.807, 2.05) is 0 Å². The van der Waals surface area contributed by atoms with Crippen LogP contribution in [0.15, 0.2) is 12.3 Å². The molecule has 1 aliphatic heterocycles. The molecule has 0 spiro atoms. The summed E-state index contributed by atoms with van der Waals surface area (Å²) in [5.74, 6) is 0. The second-order valence-corrected chi connectivity index (χ2v) is 1.41. The van der Waals surface area contributed by atoms with Gasteiger partial charge in [0.05, 0.1) is 13.2 Å². The minimum atomic E-state index is 0.316. The van der Waals surface area contributed by atoms with Crippen molar-refractivity contribution in [2.75, 3.05) is 13.2 Å². The van der Waals surface area contributed by atoms with Gasteiger partial charge in [-0.1, -0.05) is 6.08 Å². The Labute approximate surface area is 41.5 Å². The number of hydrogen-bond donors (Lipinski definition) is 1. The van der Waals surface area contributed by atoms with E-state index < -0.39 is 0 Å². The molecule has 0 unspecified atom stereocenters. The number of rotatable bonds is 0. The third-order valence-corrected chi connectivity index (χ3v) is 0.802. The van der Waals surface area contributed by atoms with E-state index in [2.05, 4.69) is 5.32 Å². The van der Waals surface area contributed by atoms with E-state index in [0.717, 1.165) is 0 Å². The van der Waals surface area contributed by atoms with Gasteiger partial charge in [-0.15, -0.1) is 9.60 Å². The van der Waals surface area contributed by atoms with Crippen LogP contribution < -0.4 is 5.32 Å². The van der Waals surface area contributed by atoms with Crippen LogP contribution >= 0.6 is 0 Å². The Kier molecular flexibility index (Phi) is 1.26. The fraction of sp³-hybridized carbons (Fsp3) is 0.500. The summed E-state index contributed by atoms with van der Waals surface area (Å²) >= 11 is 0. The molecule has 3 heteroatoms. The van der Waals surface area contributed by atoms with Crippen molar-refractivity contribution in [1.82, 2.24) is 10.4 Å². The number of hydrogen-bond acceptors (Lipinski definition) is 2. The minimum absolute atomic E-state index is 0.316. The van der Waals surface area contributed by atoms with E-state index in [0.29, 0.717) is 18.3 Å². The molecule has 0 fully saturated rings. The summed E-state index contributed by atoms with van der Waals surface area (Å²) in [6.07, 6.45) is 3.47. The highest BCUT2D eigenvalue weighted by Crippen LogP contribution is 1.89. The van der Waals surface area contributed by atoms with Gasteiger partial charge < -0.3 is 5.32 Å². The lowest BCUT2D eigenvalue weighted by molar-refractivity contribution is 0.0296. The fourth-order valence-corrected chi connectivity index (χ4v) is 0.467. The van der Waals surface area contributed by atoms with Crippen LogP contribution in [0.4, 0.5) is 4.48 Å². The van der Waals surface area contributed by atoms with E-state index in [4.69, 9.17) is 0 Å². The van der Waals surface area contributed by atoms with Crippen molar-refractivity contribution in [2.45, 2.75) is 0 Å². The second-order valence-electron chi connectivity index (χ2n) is 1.41. The molecule has 40 valence electrons. The Morgan fingerprint density at radius 3 is 2.86 bits per heavy atom. The highest BCUT2D eigenvalue weighted by Gasteiger charge is 1.99. The highest BCUT2D eigenvalue weighted by atomic mass is 19.2. The minimum Gasteiger partial charge on any atom is -0.376 e. The Morgan fingerprint density at radius 2 is 2.57 bits per heavy atom. The van der Waals surface area contributed by atoms with Gasteiger partial charge >= 0.3 is 0 Å². The predicted octanol–water partition coefficient (Wildman–Crippen LogP) is 0.247. The molecule has 0 amide bonds. The Balaban J connectivity index is 2.32. The lowest BCUT2D eigenvalue weighted by Gasteiger charge is -2.12. The lowest BCUT2D eigenvalue weighted by Crippen LogP contribution is -2.28. The molecule has 0 saturated heterocycles. The van der Waals surface area contributed by atoms with Crippen LogP contribution in [-0.4, -0.2) is 18.3 Å². The summed E-state index contributed by atoms with van der Waals surface area (Å²) in [6, 6.07) is 0. The third kappa shape index (κ3) is 1.16. The first-order chi connectivity index (χ1) is 3.39. The average Bonchev–Trinajstić information content (AvgIpc) is 1.69. The van der Waals surface area contributed by atoms with Crippen molar-refractivity contribution < 1.29 is 4.48 Å². The summed E-state index contributed by atoms with van der Waals surface area (Å²) in [5.41, 5.74) is 0. The maximum atomic E-state index is 11.9. The van der Waals surface area contributed by atoms with Gasteiger partial charge in [-0.3, -0.25) is 0 Å². The van der Waals surface area contributed by atoms with Gasteiger partial charge in [-0.2, -0.15) is 0 Å². The zero-order valence-corrected chi connectivity index (χ0v) is 3.89. The second kappa shape index (κ2) is 1.93. The molecule has 0 aromatic heterocycles. The fourth-order valence-electron chi connectivity index (χ4n) is 0.467. The molecule has 0 aromatic carbocycles. The van der Waals surface area contributed by atoms with Crippen LogP contribution in [0.25, 0.3) is 0 Å². The zero-order chi connectivity index (χ0) is 5.11. The van der Waals surface area contributed by atoms with Crippen molar-refractivity contribution in [3.05, 3.63) is 12.3 Å². The summed E-state index contributed by atoms with van der Waals surface area (Å²) in [4.78, 5) is 0. The Hall–Kier alpha value is -0.570. The van der Waals surface area contributed by atoms with E-state index in [-0.39, 0.29) is 0 Å². The third-order valence-electron chi connectivity index (χ3n) is 0.802. The van der Waals surface area contributed by atoms with Crippen LogP contribution in [0.3, 0.4) is 0 Å². The Bertz CT molecular complexity index is 81.8. The van der Waals surface area contributed by atoms with Crippen molar-refractivity contribution in [3.63, 3.8) is 0 Å². The molecule has 1 heterocycles. The first kappa shape index (κ1) is 4.59. The van der Waals surface area contributed by atoms with Crippen LogP contribution in [0.5, 0.6) is 0 Å². The van der Waals surface area contributed by atoms with Gasteiger partial charge in [-0.25, -0.2) is 0 Å². The molecule has 0 aliphatic carbocycles. The maximum Gasteiger partial charge on any atom is 0.0969 e. The zero-order valence-electron chi connectivity index (χ0n) is 3.89. The van der Waals surface area contributed by atoms with Crippen LogP contribution in [-0.2, 0) is 0 Å². The Morgan fingerprint density at radius 1 is 1.71 bits per heavy atom. The van der Waals surface area contributed by atoms with Gasteiger partial charge in [0, 0.05) is 0 Å². The van der Waals surface area contributed by atoms with E-state index in [9.17, 15) is 4.48 Å². The molecular formula is C4H7FN2. The lowest BCUT2D eigenvalue weighted by atomic mass is 10.5. The topological polar surface area (TPSA) is 15.3 Å². The summed E-state index contributed by atoms with van der Waals surface area (Å²) in [6.45, 7) is 0.726. The molecule has 1 rings (SSSR count). The summed E-state index contributed by atoms with van der Waals surface area (Å²) in [5, 5.41) is 3.40. The quantitative estimate of drug-likeness (QED) is 0.441. The van der Waals surface area contributed by atoms with E-state index >= 15 is 0 Å². The molecule has 1 aliphatic rings.